The third-order valence-electron chi connectivity index (χ3n) is 4.03. The number of hydrogen-bond donors (Lipinski definition) is 2. The molecule has 0 aliphatic heterocycles. The highest BCUT2D eigenvalue weighted by Crippen LogP contribution is 2.29. The zero-order chi connectivity index (χ0) is 21.7. The fourth-order valence-electron chi connectivity index (χ4n) is 2.50. The molecular weight excluding hydrogens is 463 g/mol. The summed E-state index contributed by atoms with van der Waals surface area (Å²) in [7, 11) is -3.65. The molecule has 1 amide bonds. The lowest BCUT2D eigenvalue weighted by Crippen LogP contribution is -2.22. The molecule has 9 heteroatoms. The first-order valence-electron chi connectivity index (χ1n) is 8.85. The van der Waals surface area contributed by atoms with Gasteiger partial charge in [0, 0.05) is 15.6 Å². The van der Waals surface area contributed by atoms with E-state index < -0.39 is 15.3 Å². The normalized spacial score (nSPS) is 12.2. The van der Waals surface area contributed by atoms with E-state index >= 15 is 0 Å². The van der Waals surface area contributed by atoms with Crippen LogP contribution < -0.4 is 10.0 Å². The summed E-state index contributed by atoms with van der Waals surface area (Å²) < 4.78 is 27.3. The maximum Gasteiger partial charge on any atom is 0.261 e. The Morgan fingerprint density at radius 1 is 0.967 bits per heavy atom. The van der Waals surface area contributed by atoms with Crippen LogP contribution in [0.15, 0.2) is 82.6 Å². The number of benzene rings is 3. The lowest BCUT2D eigenvalue weighted by Gasteiger charge is -2.14. The number of carbonyl (C=O) groups is 1. The monoisotopic (exact) mass is 480 g/mol. The molecule has 0 saturated carbocycles. The quantitative estimate of drug-likeness (QED) is 0.411. The van der Waals surface area contributed by atoms with Crippen molar-refractivity contribution < 1.29 is 13.2 Å². The molecule has 0 bridgehead atoms. The van der Waals surface area contributed by atoms with E-state index in [1.807, 2.05) is 0 Å². The molecule has 2 N–H and O–H groups in total. The lowest BCUT2D eigenvalue weighted by atomic mass is 10.3. The minimum absolute atomic E-state index is 0.189. The summed E-state index contributed by atoms with van der Waals surface area (Å²) in [5, 5.41) is 3.23. The van der Waals surface area contributed by atoms with Gasteiger partial charge in [0.2, 0.25) is 5.91 Å². The second kappa shape index (κ2) is 9.75. The maximum atomic E-state index is 12.5. The van der Waals surface area contributed by atoms with Crippen LogP contribution in [-0.2, 0) is 14.8 Å². The maximum absolute atomic E-state index is 12.5. The Kier molecular flexibility index (Phi) is 7.31. The number of halogens is 2. The molecule has 0 aliphatic carbocycles. The highest BCUT2D eigenvalue weighted by Gasteiger charge is 2.17. The van der Waals surface area contributed by atoms with Gasteiger partial charge in [-0.1, -0.05) is 41.4 Å². The molecule has 5 nitrogen and oxygen atoms in total. The molecular formula is C21H18Cl2N2O3S2. The molecule has 0 aliphatic rings. The highest BCUT2D eigenvalue weighted by molar-refractivity contribution is 8.00. The summed E-state index contributed by atoms with van der Waals surface area (Å²) in [5.41, 5.74) is 0.928. The van der Waals surface area contributed by atoms with Crippen LogP contribution in [0.3, 0.4) is 0 Å². The van der Waals surface area contributed by atoms with E-state index in [9.17, 15) is 13.2 Å². The van der Waals surface area contributed by atoms with Gasteiger partial charge in [0.05, 0.1) is 20.9 Å². The van der Waals surface area contributed by atoms with E-state index in [1.165, 1.54) is 23.9 Å². The minimum atomic E-state index is -3.65. The Labute approximate surface area is 189 Å². The zero-order valence-electron chi connectivity index (χ0n) is 15.8. The van der Waals surface area contributed by atoms with Gasteiger partial charge in [-0.25, -0.2) is 8.42 Å². The van der Waals surface area contributed by atoms with Crippen molar-refractivity contribution in [3.63, 3.8) is 0 Å². The van der Waals surface area contributed by atoms with Crippen molar-refractivity contribution in [2.24, 2.45) is 0 Å². The van der Waals surface area contributed by atoms with Gasteiger partial charge in [0.25, 0.3) is 10.0 Å². The van der Waals surface area contributed by atoms with Crippen molar-refractivity contribution in [1.29, 1.82) is 0 Å². The van der Waals surface area contributed by atoms with Crippen LogP contribution in [0.5, 0.6) is 0 Å². The summed E-state index contributed by atoms with van der Waals surface area (Å²) in [5.74, 6) is -0.210. The van der Waals surface area contributed by atoms with Gasteiger partial charge in [0.15, 0.2) is 0 Å². The van der Waals surface area contributed by atoms with Gasteiger partial charge in [-0.05, 0) is 61.5 Å². The summed E-state index contributed by atoms with van der Waals surface area (Å²) >= 11 is 13.3. The second-order valence-corrected chi connectivity index (χ2v) is 10.3. The summed E-state index contributed by atoms with van der Waals surface area (Å²) in [6.45, 7) is 1.77. The molecule has 0 aromatic heterocycles. The first-order valence-corrected chi connectivity index (χ1v) is 12.0. The summed E-state index contributed by atoms with van der Waals surface area (Å²) in [6.07, 6.45) is 0. The van der Waals surface area contributed by atoms with Crippen molar-refractivity contribution in [3.8, 4) is 0 Å². The van der Waals surface area contributed by atoms with Crippen LogP contribution in [-0.4, -0.2) is 19.6 Å². The van der Waals surface area contributed by atoms with E-state index in [0.29, 0.717) is 21.4 Å². The second-order valence-electron chi connectivity index (χ2n) is 6.32. The van der Waals surface area contributed by atoms with E-state index in [-0.39, 0.29) is 10.8 Å². The number of anilines is 2. The number of thioether (sulfide) groups is 1. The van der Waals surface area contributed by atoms with E-state index in [0.717, 1.165) is 4.90 Å². The Balaban J connectivity index is 1.61. The molecule has 1 atom stereocenters. The molecule has 1 unspecified atom stereocenters. The third kappa shape index (κ3) is 5.92. The standard InChI is InChI=1S/C21H18Cl2N2O3S2/c1-14(21(26)24-20-12-7-15(22)13-19(20)23)29-17-10-8-16(9-11-17)25-30(27,28)18-5-3-2-4-6-18/h2-14,25H,1H3,(H,24,26). The van der Waals surface area contributed by atoms with Crippen LogP contribution in [0.2, 0.25) is 10.0 Å². The number of carbonyl (C=O) groups excluding carboxylic acids is 1. The topological polar surface area (TPSA) is 75.3 Å². The SMILES string of the molecule is CC(Sc1ccc(NS(=O)(=O)c2ccccc2)cc1)C(=O)Nc1ccc(Cl)cc1Cl. The Bertz CT molecular complexity index is 1140. The molecule has 3 aromatic carbocycles. The largest absolute Gasteiger partial charge is 0.324 e. The van der Waals surface area contributed by atoms with Crippen molar-refractivity contribution >= 4 is 62.3 Å². The molecule has 3 rings (SSSR count). The Hall–Kier alpha value is -2.19. The van der Waals surface area contributed by atoms with Gasteiger partial charge >= 0.3 is 0 Å². The summed E-state index contributed by atoms with van der Waals surface area (Å²) in [4.78, 5) is 13.5. The Morgan fingerprint density at radius 2 is 1.63 bits per heavy atom. The molecule has 0 fully saturated rings. The highest BCUT2D eigenvalue weighted by atomic mass is 35.5. The zero-order valence-corrected chi connectivity index (χ0v) is 18.9. The van der Waals surface area contributed by atoms with Crippen LogP contribution in [0, 0.1) is 0 Å². The molecule has 0 saturated heterocycles. The number of amides is 1. The van der Waals surface area contributed by atoms with Crippen molar-refractivity contribution in [2.45, 2.75) is 22.0 Å². The molecule has 0 radical (unpaired) electrons. The van der Waals surface area contributed by atoms with E-state index in [1.54, 1.807) is 67.6 Å². The van der Waals surface area contributed by atoms with E-state index in [2.05, 4.69) is 10.0 Å². The van der Waals surface area contributed by atoms with Crippen molar-refractivity contribution in [2.75, 3.05) is 10.0 Å². The number of sulfonamides is 1. The molecule has 0 heterocycles. The van der Waals surface area contributed by atoms with Crippen LogP contribution in [0.4, 0.5) is 11.4 Å². The first-order chi connectivity index (χ1) is 14.2. The van der Waals surface area contributed by atoms with Crippen LogP contribution >= 0.6 is 35.0 Å². The van der Waals surface area contributed by atoms with Crippen LogP contribution in [0.25, 0.3) is 0 Å². The first kappa shape index (κ1) is 22.5. The van der Waals surface area contributed by atoms with Gasteiger partial charge in [-0.15, -0.1) is 11.8 Å². The molecule has 3 aromatic rings. The molecule has 0 spiro atoms. The third-order valence-corrected chi connectivity index (χ3v) is 7.09. The fraction of sp³-hybridized carbons (Fsp3) is 0.0952. The van der Waals surface area contributed by atoms with Gasteiger partial charge < -0.3 is 5.32 Å². The summed E-state index contributed by atoms with van der Waals surface area (Å²) in [6, 6.07) is 19.8. The van der Waals surface area contributed by atoms with Crippen molar-refractivity contribution in [3.05, 3.63) is 82.8 Å². The van der Waals surface area contributed by atoms with Gasteiger partial charge in [-0.3, -0.25) is 9.52 Å². The Morgan fingerprint density at radius 3 is 2.27 bits per heavy atom. The van der Waals surface area contributed by atoms with Gasteiger partial charge in [-0.2, -0.15) is 0 Å². The average molecular weight is 481 g/mol. The molecule has 156 valence electrons. The fourth-order valence-corrected chi connectivity index (χ4v) is 4.90. The number of rotatable bonds is 7. The minimum Gasteiger partial charge on any atom is -0.324 e. The lowest BCUT2D eigenvalue weighted by molar-refractivity contribution is -0.115. The van der Waals surface area contributed by atoms with Crippen LogP contribution in [0.1, 0.15) is 6.92 Å². The smallest absolute Gasteiger partial charge is 0.261 e. The average Bonchev–Trinajstić information content (AvgIpc) is 2.72. The molecule has 30 heavy (non-hydrogen) atoms. The van der Waals surface area contributed by atoms with E-state index in [4.69, 9.17) is 23.2 Å². The number of nitrogens with one attached hydrogen (secondary N) is 2. The predicted molar refractivity (Wildman–Crippen MR) is 124 cm³/mol. The van der Waals surface area contributed by atoms with Gasteiger partial charge in [0.1, 0.15) is 0 Å². The number of hydrogen-bond acceptors (Lipinski definition) is 4. The predicted octanol–water partition coefficient (Wildman–Crippen LogP) is 5.91. The van der Waals surface area contributed by atoms with Crippen molar-refractivity contribution in [1.82, 2.24) is 0 Å².